The van der Waals surface area contributed by atoms with Crippen LogP contribution < -0.4 is 10.1 Å². The minimum Gasteiger partial charge on any atom is -0.497 e. The first kappa shape index (κ1) is 17.5. The van der Waals surface area contributed by atoms with Crippen molar-refractivity contribution >= 4 is 28.8 Å². The fourth-order valence-corrected chi connectivity index (χ4v) is 3.24. The van der Waals surface area contributed by atoms with Crippen LogP contribution in [0.15, 0.2) is 53.9 Å². The molecule has 128 valence electrons. The standard InChI is InChI=1S/C19H17ClN2O2S/c1-24-16-8-4-13(5-9-16)17-12-25-18(22-17)10-11-21-19(23)14-2-6-15(20)7-3-14/h2-9,12H,10-11H2,1H3,(H,21,23). The number of benzene rings is 2. The molecule has 3 aromatic rings. The van der Waals surface area contributed by atoms with Gasteiger partial charge in [0.05, 0.1) is 17.8 Å². The maximum Gasteiger partial charge on any atom is 0.251 e. The minimum atomic E-state index is -0.108. The van der Waals surface area contributed by atoms with E-state index in [-0.39, 0.29) is 5.91 Å². The first-order valence-corrected chi connectivity index (χ1v) is 9.04. The lowest BCUT2D eigenvalue weighted by atomic mass is 10.2. The number of aromatic nitrogens is 1. The van der Waals surface area contributed by atoms with Crippen molar-refractivity contribution in [2.45, 2.75) is 6.42 Å². The van der Waals surface area contributed by atoms with Gasteiger partial charge in [0.1, 0.15) is 5.75 Å². The molecule has 0 fully saturated rings. The van der Waals surface area contributed by atoms with E-state index < -0.39 is 0 Å². The molecule has 0 aliphatic heterocycles. The van der Waals surface area contributed by atoms with Crippen LogP contribution in [0.5, 0.6) is 5.75 Å². The zero-order chi connectivity index (χ0) is 17.6. The van der Waals surface area contributed by atoms with Crippen molar-refractivity contribution in [2.24, 2.45) is 0 Å². The van der Waals surface area contributed by atoms with E-state index in [1.54, 1.807) is 42.7 Å². The summed E-state index contributed by atoms with van der Waals surface area (Å²) in [5.74, 6) is 0.715. The van der Waals surface area contributed by atoms with Crippen molar-refractivity contribution in [3.63, 3.8) is 0 Å². The Bertz CT molecular complexity index is 845. The van der Waals surface area contributed by atoms with Gasteiger partial charge in [0.15, 0.2) is 0 Å². The summed E-state index contributed by atoms with van der Waals surface area (Å²) in [6.07, 6.45) is 0.695. The molecule has 2 aromatic carbocycles. The van der Waals surface area contributed by atoms with Crippen LogP contribution in [0, 0.1) is 0 Å². The summed E-state index contributed by atoms with van der Waals surface area (Å²) in [6.45, 7) is 0.539. The van der Waals surface area contributed by atoms with Gasteiger partial charge in [-0.05, 0) is 48.5 Å². The highest BCUT2D eigenvalue weighted by Gasteiger charge is 2.07. The molecular formula is C19H17ClN2O2S. The molecule has 0 bridgehead atoms. The molecule has 0 aliphatic rings. The van der Waals surface area contributed by atoms with Gasteiger partial charge in [-0.2, -0.15) is 0 Å². The summed E-state index contributed by atoms with van der Waals surface area (Å²) in [6, 6.07) is 14.6. The molecule has 6 heteroatoms. The topological polar surface area (TPSA) is 51.2 Å². The molecule has 1 heterocycles. The number of methoxy groups -OCH3 is 1. The highest BCUT2D eigenvalue weighted by atomic mass is 35.5. The van der Waals surface area contributed by atoms with Gasteiger partial charge in [-0.3, -0.25) is 4.79 Å². The van der Waals surface area contributed by atoms with Gasteiger partial charge in [0, 0.05) is 34.5 Å². The zero-order valence-electron chi connectivity index (χ0n) is 13.7. The van der Waals surface area contributed by atoms with E-state index in [2.05, 4.69) is 10.3 Å². The molecule has 0 aliphatic carbocycles. The van der Waals surface area contributed by atoms with Crippen LogP contribution in [0.2, 0.25) is 5.02 Å². The van der Waals surface area contributed by atoms with Crippen LogP contribution in [-0.2, 0) is 6.42 Å². The minimum absolute atomic E-state index is 0.108. The second kappa shape index (κ2) is 8.14. The molecule has 4 nitrogen and oxygen atoms in total. The SMILES string of the molecule is COc1ccc(-c2csc(CCNC(=O)c3ccc(Cl)cc3)n2)cc1. The number of hydrogen-bond donors (Lipinski definition) is 1. The smallest absolute Gasteiger partial charge is 0.251 e. The Morgan fingerprint density at radius 2 is 1.88 bits per heavy atom. The number of carbonyl (C=O) groups excluding carboxylic acids is 1. The van der Waals surface area contributed by atoms with Gasteiger partial charge in [-0.15, -0.1) is 11.3 Å². The number of nitrogens with zero attached hydrogens (tertiary/aromatic N) is 1. The number of thiazole rings is 1. The Kier molecular flexibility index (Phi) is 5.68. The number of halogens is 1. The number of nitrogens with one attached hydrogen (secondary N) is 1. The molecular weight excluding hydrogens is 356 g/mol. The lowest BCUT2D eigenvalue weighted by Gasteiger charge is -2.04. The molecule has 0 atom stereocenters. The van der Waals surface area contributed by atoms with Crippen LogP contribution in [0.1, 0.15) is 15.4 Å². The quantitative estimate of drug-likeness (QED) is 0.695. The normalized spacial score (nSPS) is 10.5. The zero-order valence-corrected chi connectivity index (χ0v) is 15.2. The number of carbonyl (C=O) groups is 1. The molecule has 3 rings (SSSR count). The predicted molar refractivity (Wildman–Crippen MR) is 102 cm³/mol. The highest BCUT2D eigenvalue weighted by molar-refractivity contribution is 7.09. The molecule has 0 spiro atoms. The van der Waals surface area contributed by atoms with Gasteiger partial charge < -0.3 is 10.1 Å². The number of rotatable bonds is 6. The van der Waals surface area contributed by atoms with Gasteiger partial charge in [-0.25, -0.2) is 4.98 Å². The molecule has 1 N–H and O–H groups in total. The Morgan fingerprint density at radius 3 is 2.56 bits per heavy atom. The van der Waals surface area contributed by atoms with Crippen molar-refractivity contribution in [1.29, 1.82) is 0 Å². The molecule has 1 amide bonds. The summed E-state index contributed by atoms with van der Waals surface area (Å²) < 4.78 is 5.16. The van der Waals surface area contributed by atoms with Crippen LogP contribution >= 0.6 is 22.9 Å². The average molecular weight is 373 g/mol. The summed E-state index contributed by atoms with van der Waals surface area (Å²) in [5, 5.41) is 6.53. The first-order valence-electron chi connectivity index (χ1n) is 7.78. The third-order valence-corrected chi connectivity index (χ3v) is 4.83. The monoisotopic (exact) mass is 372 g/mol. The maximum atomic E-state index is 12.1. The molecule has 0 saturated carbocycles. The van der Waals surface area contributed by atoms with Crippen LogP contribution in [0.25, 0.3) is 11.3 Å². The van der Waals surface area contributed by atoms with Crippen LogP contribution in [-0.4, -0.2) is 24.5 Å². The van der Waals surface area contributed by atoms with Crippen LogP contribution in [0.4, 0.5) is 0 Å². The summed E-state index contributed by atoms with van der Waals surface area (Å²) in [4.78, 5) is 16.7. The van der Waals surface area contributed by atoms with E-state index in [0.717, 1.165) is 22.0 Å². The highest BCUT2D eigenvalue weighted by Crippen LogP contribution is 2.24. The third kappa shape index (κ3) is 4.59. The van der Waals surface area contributed by atoms with E-state index in [1.807, 2.05) is 29.6 Å². The average Bonchev–Trinajstić information content (AvgIpc) is 3.11. The molecule has 0 unspecified atom stereocenters. The van der Waals surface area contributed by atoms with E-state index >= 15 is 0 Å². The second-order valence-electron chi connectivity index (χ2n) is 5.37. The van der Waals surface area contributed by atoms with Gasteiger partial charge >= 0.3 is 0 Å². The summed E-state index contributed by atoms with van der Waals surface area (Å²) >= 11 is 7.42. The van der Waals surface area contributed by atoms with Gasteiger partial charge in [-0.1, -0.05) is 11.6 Å². The molecule has 1 aromatic heterocycles. The fourth-order valence-electron chi connectivity index (χ4n) is 2.31. The molecule has 25 heavy (non-hydrogen) atoms. The summed E-state index contributed by atoms with van der Waals surface area (Å²) in [5.41, 5.74) is 2.59. The number of amides is 1. The third-order valence-electron chi connectivity index (χ3n) is 3.67. The fraction of sp³-hybridized carbons (Fsp3) is 0.158. The number of ether oxygens (including phenoxy) is 1. The Hall–Kier alpha value is -2.37. The van der Waals surface area contributed by atoms with Crippen molar-refractivity contribution in [2.75, 3.05) is 13.7 Å². The largest absolute Gasteiger partial charge is 0.497 e. The van der Waals surface area contributed by atoms with E-state index in [0.29, 0.717) is 23.6 Å². The predicted octanol–water partition coefficient (Wildman–Crippen LogP) is 4.44. The van der Waals surface area contributed by atoms with Crippen molar-refractivity contribution in [1.82, 2.24) is 10.3 Å². The number of hydrogen-bond acceptors (Lipinski definition) is 4. The molecule has 0 saturated heterocycles. The Balaban J connectivity index is 1.54. The molecule has 0 radical (unpaired) electrons. The first-order chi connectivity index (χ1) is 12.2. The lowest BCUT2D eigenvalue weighted by molar-refractivity contribution is 0.0954. The lowest BCUT2D eigenvalue weighted by Crippen LogP contribution is -2.25. The van der Waals surface area contributed by atoms with E-state index in [9.17, 15) is 4.79 Å². The van der Waals surface area contributed by atoms with E-state index in [1.165, 1.54) is 0 Å². The Labute approximate surface area is 155 Å². The van der Waals surface area contributed by atoms with Crippen molar-refractivity contribution < 1.29 is 9.53 Å². The van der Waals surface area contributed by atoms with Crippen LogP contribution in [0.3, 0.4) is 0 Å². The van der Waals surface area contributed by atoms with E-state index in [4.69, 9.17) is 16.3 Å². The maximum absolute atomic E-state index is 12.1. The van der Waals surface area contributed by atoms with Gasteiger partial charge in [0.2, 0.25) is 0 Å². The summed E-state index contributed by atoms with van der Waals surface area (Å²) in [7, 11) is 1.65. The second-order valence-corrected chi connectivity index (χ2v) is 6.75. The van der Waals surface area contributed by atoms with Gasteiger partial charge in [0.25, 0.3) is 5.91 Å². The Morgan fingerprint density at radius 1 is 1.16 bits per heavy atom. The van der Waals surface area contributed by atoms with Crippen molar-refractivity contribution in [3.05, 3.63) is 69.5 Å². The van der Waals surface area contributed by atoms with Crippen molar-refractivity contribution in [3.8, 4) is 17.0 Å².